The molecule has 27 heavy (non-hydrogen) atoms. The maximum Gasteiger partial charge on any atom is 0.339 e. The topological polar surface area (TPSA) is 116 Å². The summed E-state index contributed by atoms with van der Waals surface area (Å²) < 4.78 is 17.3. The Balaban J connectivity index is 1.92. The van der Waals surface area contributed by atoms with Gasteiger partial charge in [-0.2, -0.15) is 0 Å². The molecule has 2 unspecified atom stereocenters. The second kappa shape index (κ2) is 9.48. The third-order valence-electron chi connectivity index (χ3n) is 4.09. The highest BCUT2D eigenvalue weighted by molar-refractivity contribution is 7.57. The average molecular weight is 413 g/mol. The fraction of sp³-hybridized carbons (Fsp3) is 0.389. The van der Waals surface area contributed by atoms with Crippen molar-refractivity contribution in [3.8, 4) is 5.75 Å². The zero-order valence-corrected chi connectivity index (χ0v) is 16.9. The SMILES string of the molecule is COc1ccc(C(C)NC[C@H](O)CP(=O)(O)Cc2cccs2)cc1C(=O)O. The molecule has 4 N–H and O–H groups in total. The highest BCUT2D eigenvalue weighted by Gasteiger charge is 2.24. The van der Waals surface area contributed by atoms with Crippen molar-refractivity contribution in [1.29, 1.82) is 0 Å². The molecule has 0 aliphatic carbocycles. The zero-order valence-electron chi connectivity index (χ0n) is 15.2. The van der Waals surface area contributed by atoms with E-state index >= 15 is 0 Å². The lowest BCUT2D eigenvalue weighted by Gasteiger charge is -2.20. The smallest absolute Gasteiger partial charge is 0.339 e. The molecule has 9 heteroatoms. The number of aliphatic hydroxyl groups is 1. The first-order chi connectivity index (χ1) is 12.7. The molecule has 0 bridgehead atoms. The number of carboxylic acid groups (broad SMARTS) is 1. The van der Waals surface area contributed by atoms with Gasteiger partial charge in [0.1, 0.15) is 11.3 Å². The van der Waals surface area contributed by atoms with Crippen molar-refractivity contribution in [3.63, 3.8) is 0 Å². The van der Waals surface area contributed by atoms with Crippen LogP contribution in [0.25, 0.3) is 0 Å². The molecule has 0 aliphatic rings. The lowest BCUT2D eigenvalue weighted by atomic mass is 10.0. The molecule has 1 heterocycles. The molecule has 1 aromatic heterocycles. The first kappa shape index (κ1) is 21.6. The predicted molar refractivity (Wildman–Crippen MR) is 105 cm³/mol. The van der Waals surface area contributed by atoms with E-state index in [0.717, 1.165) is 4.88 Å². The molecule has 0 fully saturated rings. The number of aromatic carboxylic acids is 1. The summed E-state index contributed by atoms with van der Waals surface area (Å²) in [7, 11) is -2.07. The van der Waals surface area contributed by atoms with Gasteiger partial charge >= 0.3 is 5.97 Å². The maximum absolute atomic E-state index is 12.3. The fourth-order valence-electron chi connectivity index (χ4n) is 2.70. The van der Waals surface area contributed by atoms with Crippen molar-refractivity contribution in [1.82, 2.24) is 5.32 Å². The van der Waals surface area contributed by atoms with Crippen molar-refractivity contribution in [2.45, 2.75) is 25.2 Å². The Labute approximate surface area is 162 Å². The summed E-state index contributed by atoms with van der Waals surface area (Å²) in [5.41, 5.74) is 0.770. The molecule has 0 amide bonds. The molecule has 7 nitrogen and oxygen atoms in total. The van der Waals surface area contributed by atoms with Crippen LogP contribution in [0.1, 0.15) is 33.8 Å². The molecular formula is C18H24NO6PS. The highest BCUT2D eigenvalue weighted by atomic mass is 32.1. The van der Waals surface area contributed by atoms with E-state index in [0.29, 0.717) is 5.56 Å². The molecule has 0 aliphatic heterocycles. The van der Waals surface area contributed by atoms with Crippen LogP contribution in [0.4, 0.5) is 0 Å². The van der Waals surface area contributed by atoms with Crippen LogP contribution in [0, 0.1) is 0 Å². The highest BCUT2D eigenvalue weighted by Crippen LogP contribution is 2.45. The lowest BCUT2D eigenvalue weighted by molar-refractivity contribution is 0.0693. The van der Waals surface area contributed by atoms with E-state index < -0.39 is 19.4 Å². The summed E-state index contributed by atoms with van der Waals surface area (Å²) >= 11 is 1.41. The van der Waals surface area contributed by atoms with Crippen molar-refractivity contribution in [2.24, 2.45) is 0 Å². The van der Waals surface area contributed by atoms with Gasteiger partial charge in [-0.1, -0.05) is 12.1 Å². The summed E-state index contributed by atoms with van der Waals surface area (Å²) in [6, 6.07) is 8.20. The Hall–Kier alpha value is -1.70. The summed E-state index contributed by atoms with van der Waals surface area (Å²) in [5, 5.41) is 24.3. The van der Waals surface area contributed by atoms with Crippen molar-refractivity contribution in [2.75, 3.05) is 19.8 Å². The van der Waals surface area contributed by atoms with E-state index in [-0.39, 0.29) is 36.2 Å². The van der Waals surface area contributed by atoms with Crippen LogP contribution < -0.4 is 10.1 Å². The van der Waals surface area contributed by atoms with Gasteiger partial charge in [0.15, 0.2) is 0 Å². The van der Waals surface area contributed by atoms with Crippen LogP contribution in [0.15, 0.2) is 35.7 Å². The third kappa shape index (κ3) is 6.45. The minimum Gasteiger partial charge on any atom is -0.496 e. The van der Waals surface area contributed by atoms with Gasteiger partial charge < -0.3 is 25.2 Å². The second-order valence-electron chi connectivity index (χ2n) is 6.31. The number of aliphatic hydroxyl groups excluding tert-OH is 1. The molecule has 0 saturated heterocycles. The standard InChI is InChI=1S/C18H24NO6PS/c1-12(13-5-6-17(25-2)16(8-13)18(21)22)19-9-14(20)10-26(23,24)11-15-4-3-7-27-15/h3-8,12,14,19-20H,9-11H2,1-2H3,(H,21,22)(H,23,24)/t12?,14-/m0/s1. The Kier molecular flexibility index (Phi) is 7.59. The van der Waals surface area contributed by atoms with Gasteiger partial charge in [0, 0.05) is 17.5 Å². The number of ether oxygens (including phenoxy) is 1. The van der Waals surface area contributed by atoms with Crippen LogP contribution in [0.2, 0.25) is 0 Å². The van der Waals surface area contributed by atoms with E-state index in [2.05, 4.69) is 5.32 Å². The van der Waals surface area contributed by atoms with Crippen LogP contribution in [0.5, 0.6) is 5.75 Å². The van der Waals surface area contributed by atoms with Gasteiger partial charge in [-0.05, 0) is 36.1 Å². The van der Waals surface area contributed by atoms with Crippen LogP contribution in [-0.2, 0) is 10.7 Å². The molecule has 0 saturated carbocycles. The molecular weight excluding hydrogens is 389 g/mol. The second-order valence-corrected chi connectivity index (χ2v) is 9.72. The van der Waals surface area contributed by atoms with E-state index in [1.165, 1.54) is 24.5 Å². The quantitative estimate of drug-likeness (QED) is 0.443. The van der Waals surface area contributed by atoms with Crippen molar-refractivity contribution in [3.05, 3.63) is 51.7 Å². The minimum atomic E-state index is -3.47. The monoisotopic (exact) mass is 413 g/mol. The summed E-state index contributed by atoms with van der Waals surface area (Å²) in [6.07, 6.45) is -1.13. The molecule has 1 aromatic carbocycles. The van der Waals surface area contributed by atoms with Gasteiger partial charge in [-0.3, -0.25) is 4.57 Å². The average Bonchev–Trinajstić information content (AvgIpc) is 3.10. The van der Waals surface area contributed by atoms with Crippen LogP contribution in [0.3, 0.4) is 0 Å². The van der Waals surface area contributed by atoms with E-state index in [1.54, 1.807) is 18.2 Å². The number of hydrogen-bond acceptors (Lipinski definition) is 6. The zero-order chi connectivity index (χ0) is 20.0. The van der Waals surface area contributed by atoms with Crippen molar-refractivity contribution >= 4 is 24.7 Å². The van der Waals surface area contributed by atoms with E-state index in [9.17, 15) is 24.5 Å². The Morgan fingerprint density at radius 3 is 2.70 bits per heavy atom. The Morgan fingerprint density at radius 1 is 1.37 bits per heavy atom. The summed E-state index contributed by atoms with van der Waals surface area (Å²) in [4.78, 5) is 22.2. The van der Waals surface area contributed by atoms with E-state index in [4.69, 9.17) is 4.74 Å². The third-order valence-corrected chi connectivity index (χ3v) is 7.01. The first-order valence-corrected chi connectivity index (χ1v) is 11.3. The van der Waals surface area contributed by atoms with Gasteiger partial charge in [0.25, 0.3) is 0 Å². The number of methoxy groups -OCH3 is 1. The van der Waals surface area contributed by atoms with Gasteiger partial charge in [-0.25, -0.2) is 4.79 Å². The van der Waals surface area contributed by atoms with E-state index in [1.807, 2.05) is 18.4 Å². The van der Waals surface area contributed by atoms with Gasteiger partial charge in [0.05, 0.1) is 25.5 Å². The normalized spacial score (nSPS) is 15.7. The fourth-order valence-corrected chi connectivity index (χ4v) is 5.60. The molecule has 0 spiro atoms. The number of hydrogen-bond donors (Lipinski definition) is 4. The maximum atomic E-state index is 12.3. The van der Waals surface area contributed by atoms with Gasteiger partial charge in [-0.15, -0.1) is 11.3 Å². The predicted octanol–water partition coefficient (Wildman–Crippen LogP) is 2.94. The minimum absolute atomic E-state index is 0.0533. The molecule has 3 atom stereocenters. The van der Waals surface area contributed by atoms with Crippen LogP contribution >= 0.6 is 18.7 Å². The van der Waals surface area contributed by atoms with Crippen molar-refractivity contribution < 1.29 is 29.2 Å². The molecule has 148 valence electrons. The molecule has 2 rings (SSSR count). The van der Waals surface area contributed by atoms with Crippen LogP contribution in [-0.4, -0.2) is 47.0 Å². The Bertz CT molecular complexity index is 810. The lowest BCUT2D eigenvalue weighted by Crippen LogP contribution is -2.31. The van der Waals surface area contributed by atoms with Gasteiger partial charge in [0.2, 0.25) is 7.37 Å². The number of nitrogens with one attached hydrogen (secondary N) is 1. The number of rotatable bonds is 10. The Morgan fingerprint density at radius 2 is 2.11 bits per heavy atom. The number of thiophene rings is 1. The number of carboxylic acids is 1. The first-order valence-electron chi connectivity index (χ1n) is 8.37. The number of benzene rings is 1. The molecule has 2 aromatic rings. The number of carbonyl (C=O) groups is 1. The largest absolute Gasteiger partial charge is 0.496 e. The molecule has 0 radical (unpaired) electrons. The summed E-state index contributed by atoms with van der Waals surface area (Å²) in [5.74, 6) is -0.816. The summed E-state index contributed by atoms with van der Waals surface area (Å²) in [6.45, 7) is 1.94.